The second-order valence-electron chi connectivity index (χ2n) is 4.12. The predicted octanol–water partition coefficient (Wildman–Crippen LogP) is 3.16. The van der Waals surface area contributed by atoms with Crippen LogP contribution in [0.3, 0.4) is 0 Å². The Morgan fingerprint density at radius 3 is 2.74 bits per heavy atom. The molecule has 0 radical (unpaired) electrons. The summed E-state index contributed by atoms with van der Waals surface area (Å²) in [5.41, 5.74) is 5.39. The van der Waals surface area contributed by atoms with Gasteiger partial charge in [-0.3, -0.25) is 15.4 Å². The Morgan fingerprint density at radius 1 is 1.30 bits per heavy atom. The second kappa shape index (κ2) is 12.2. The Kier molecular flexibility index (Phi) is 10.5. The summed E-state index contributed by atoms with van der Waals surface area (Å²) in [4.78, 5) is 8.49. The minimum atomic E-state index is 0.444. The van der Waals surface area contributed by atoms with E-state index in [4.69, 9.17) is 12.2 Å². The van der Waals surface area contributed by atoms with E-state index >= 15 is 0 Å². The van der Waals surface area contributed by atoms with Gasteiger partial charge in [-0.2, -0.15) is 5.10 Å². The number of halogens is 2. The molecule has 0 aromatic carbocycles. The van der Waals surface area contributed by atoms with Crippen molar-refractivity contribution in [2.24, 2.45) is 5.10 Å². The predicted molar refractivity (Wildman–Crippen MR) is 95.1 cm³/mol. The van der Waals surface area contributed by atoms with Crippen molar-refractivity contribution >= 4 is 43.7 Å². The van der Waals surface area contributed by atoms with E-state index in [2.05, 4.69) is 46.0 Å². The molecule has 5 nitrogen and oxygen atoms in total. The number of aryl methyl sites for hydroxylation is 1. The van der Waals surface area contributed by atoms with Crippen LogP contribution >= 0.6 is 32.4 Å². The van der Waals surface area contributed by atoms with Gasteiger partial charge < -0.3 is 5.32 Å². The van der Waals surface area contributed by atoms with Crippen LogP contribution in [0.15, 0.2) is 47.7 Å². The van der Waals surface area contributed by atoms with E-state index in [0.29, 0.717) is 11.7 Å². The number of nitrogens with zero attached hydrogens (tertiary/aromatic N) is 3. The summed E-state index contributed by atoms with van der Waals surface area (Å²) in [6, 6.07) is 11.5. The third-order valence-corrected chi connectivity index (χ3v) is 2.66. The van der Waals surface area contributed by atoms with Crippen molar-refractivity contribution in [1.29, 1.82) is 0 Å². The van der Waals surface area contributed by atoms with E-state index in [1.807, 2.05) is 43.3 Å². The maximum atomic E-state index is 5.11. The summed E-state index contributed by atoms with van der Waals surface area (Å²) in [6.45, 7) is 2.49. The van der Waals surface area contributed by atoms with E-state index in [1.165, 1.54) is 0 Å². The molecule has 0 fully saturated rings. The summed E-state index contributed by atoms with van der Waals surface area (Å²) in [7, 11) is 9.34. The van der Waals surface area contributed by atoms with E-state index in [1.54, 1.807) is 12.4 Å². The summed E-state index contributed by atoms with van der Waals surface area (Å²) in [6.07, 6.45) is 3.37. The minimum absolute atomic E-state index is 0.444. The van der Waals surface area contributed by atoms with Gasteiger partial charge in [0, 0.05) is 11.9 Å². The van der Waals surface area contributed by atoms with Crippen LogP contribution in [0.4, 0.5) is 0 Å². The third-order valence-electron chi connectivity index (χ3n) is 2.43. The molecule has 127 valence electrons. The Balaban J connectivity index is 0.000000816. The van der Waals surface area contributed by atoms with Crippen LogP contribution in [0.25, 0.3) is 0 Å². The Hall–Kier alpha value is -1.24. The molecule has 0 saturated carbocycles. The molecule has 0 spiro atoms. The number of aromatic nitrogens is 2. The summed E-state index contributed by atoms with van der Waals surface area (Å²) >= 11 is 5.87. The van der Waals surface area contributed by atoms with Gasteiger partial charge in [0.2, 0.25) is 0 Å². The van der Waals surface area contributed by atoms with Gasteiger partial charge in [0.15, 0.2) is 5.11 Å². The Morgan fingerprint density at radius 2 is 2.09 bits per heavy atom. The molecule has 0 aliphatic rings. The van der Waals surface area contributed by atoms with Crippen molar-refractivity contribution in [3.05, 3.63) is 59.7 Å². The maximum absolute atomic E-state index is 5.11. The van der Waals surface area contributed by atoms with Crippen molar-refractivity contribution in [1.82, 2.24) is 20.7 Å². The van der Waals surface area contributed by atoms with Crippen molar-refractivity contribution in [3.63, 3.8) is 0 Å². The zero-order chi connectivity index (χ0) is 16.9. The van der Waals surface area contributed by atoms with Gasteiger partial charge in [0.25, 0.3) is 0 Å². The molecule has 0 amide bonds. The van der Waals surface area contributed by atoms with Crippen LogP contribution in [0.2, 0.25) is 0 Å². The first-order chi connectivity index (χ1) is 11.2. The van der Waals surface area contributed by atoms with E-state index in [0.717, 1.165) is 30.2 Å². The molecule has 23 heavy (non-hydrogen) atoms. The van der Waals surface area contributed by atoms with Crippen LogP contribution in [-0.4, -0.2) is 21.3 Å². The fourth-order valence-corrected chi connectivity index (χ4v) is 1.63. The van der Waals surface area contributed by atoms with Gasteiger partial charge in [0.05, 0.1) is 24.1 Å². The number of hydrazone groups is 1. The van der Waals surface area contributed by atoms with Crippen molar-refractivity contribution in [2.75, 3.05) is 0 Å². The third kappa shape index (κ3) is 9.48. The Labute approximate surface area is 155 Å². The van der Waals surface area contributed by atoms with Crippen molar-refractivity contribution in [3.8, 4) is 0 Å². The number of nitrogens with one attached hydrogen (secondary N) is 2. The van der Waals surface area contributed by atoms with Crippen LogP contribution in [0, 0.1) is 6.92 Å². The molecule has 0 unspecified atom stereocenters. The fourth-order valence-electron chi connectivity index (χ4n) is 1.51. The number of hydrogen-bond donors (Lipinski definition) is 2. The first-order valence-corrected chi connectivity index (χ1v) is 9.37. The van der Waals surface area contributed by atoms with Gasteiger partial charge in [-0.05, 0) is 43.4 Å². The normalized spacial score (nSPS) is 10.0. The molecule has 2 aromatic rings. The standard InChI is InChI=1S/C14H15N5S.2ClH.Cu/c1-11-5-4-7-13(18-11)10-17-19-14(20)16-9-12-6-2-3-8-15-12;;;/h2-8,10H,9H2,1H3,(H2,16,19,20);2*1H;/q;;;+2/p-2/b17-10+;;;. The monoisotopic (exact) mass is 418 g/mol. The molecule has 9 heteroatoms. The molecule has 2 heterocycles. The summed E-state index contributed by atoms with van der Waals surface area (Å²) < 4.78 is 0. The SMILES string of the molecule is Cc1cccc(/C=N/NC(=S)NCc2ccccn2)n1.[Cl][Cu][Cl]. The first-order valence-electron chi connectivity index (χ1n) is 6.37. The van der Waals surface area contributed by atoms with Gasteiger partial charge in [0.1, 0.15) is 0 Å². The topological polar surface area (TPSA) is 62.2 Å². The average molecular weight is 420 g/mol. The molecule has 2 aromatic heterocycles. The first kappa shape index (κ1) is 19.8. The summed E-state index contributed by atoms with van der Waals surface area (Å²) in [5, 5.41) is 7.50. The zero-order valence-electron chi connectivity index (χ0n) is 12.1. The molecular weight excluding hydrogens is 405 g/mol. The Bertz CT molecular complexity index is 628. The van der Waals surface area contributed by atoms with Gasteiger partial charge in [-0.25, -0.2) is 0 Å². The quantitative estimate of drug-likeness (QED) is 0.345. The zero-order valence-corrected chi connectivity index (χ0v) is 15.4. The van der Waals surface area contributed by atoms with E-state index < -0.39 is 0 Å². The summed E-state index contributed by atoms with van der Waals surface area (Å²) in [5.74, 6) is 0. The molecule has 0 aliphatic carbocycles. The fraction of sp³-hybridized carbons (Fsp3) is 0.143. The van der Waals surface area contributed by atoms with Gasteiger partial charge >= 0.3 is 33.3 Å². The number of pyridine rings is 2. The van der Waals surface area contributed by atoms with E-state index in [9.17, 15) is 0 Å². The number of rotatable bonds is 4. The molecule has 0 atom stereocenters. The van der Waals surface area contributed by atoms with E-state index in [-0.39, 0.29) is 0 Å². The van der Waals surface area contributed by atoms with Gasteiger partial charge in [-0.15, -0.1) is 0 Å². The number of hydrogen-bond acceptors (Lipinski definition) is 4. The molecule has 2 rings (SSSR count). The second-order valence-corrected chi connectivity index (χ2v) is 6.08. The van der Waals surface area contributed by atoms with Gasteiger partial charge in [-0.1, -0.05) is 12.1 Å². The molecular formula is C14H15Cl2CuN5S. The average Bonchev–Trinajstić information content (AvgIpc) is 2.55. The van der Waals surface area contributed by atoms with Crippen LogP contribution in [0.5, 0.6) is 0 Å². The molecule has 0 saturated heterocycles. The van der Waals surface area contributed by atoms with Crippen molar-refractivity contribution < 1.29 is 13.1 Å². The molecule has 0 aliphatic heterocycles. The van der Waals surface area contributed by atoms with Crippen molar-refractivity contribution in [2.45, 2.75) is 13.5 Å². The number of thiocarbonyl (C=S) groups is 1. The molecule has 2 N–H and O–H groups in total. The van der Waals surface area contributed by atoms with Crippen LogP contribution in [-0.2, 0) is 19.7 Å². The molecule has 0 bridgehead atoms. The van der Waals surface area contributed by atoms with Crippen LogP contribution < -0.4 is 10.7 Å². The van der Waals surface area contributed by atoms with Crippen LogP contribution in [0.1, 0.15) is 17.1 Å².